The first-order valence-electron chi connectivity index (χ1n) is 6.58. The van der Waals surface area contributed by atoms with Crippen molar-refractivity contribution in [1.82, 2.24) is 19.3 Å². The topological polar surface area (TPSA) is 81.8 Å². The maximum Gasteiger partial charge on any atom is 0.264 e. The Morgan fingerprint density at radius 2 is 2.22 bits per heavy atom. The molecule has 0 saturated carbocycles. The van der Waals surface area contributed by atoms with Crippen LogP contribution < -0.4 is 10.9 Å². The molecular weight excluding hydrogens is 369 g/mol. The van der Waals surface area contributed by atoms with Gasteiger partial charge in [0.05, 0.1) is 11.9 Å². The zero-order valence-corrected chi connectivity index (χ0v) is 13.5. The van der Waals surface area contributed by atoms with E-state index in [1.54, 1.807) is 13.1 Å². The van der Waals surface area contributed by atoms with E-state index in [2.05, 4.69) is 31.3 Å². The lowest BCUT2D eigenvalue weighted by molar-refractivity contribution is -0.116. The Labute approximate surface area is 137 Å². The average Bonchev–Trinajstić information content (AvgIpc) is 2.87. The zero-order chi connectivity index (χ0) is 16.6. The molecule has 2 heterocycles. The van der Waals surface area contributed by atoms with Crippen molar-refractivity contribution < 1.29 is 9.18 Å². The summed E-state index contributed by atoms with van der Waals surface area (Å²) in [5.74, 6) is -1.10. The van der Waals surface area contributed by atoms with Gasteiger partial charge < -0.3 is 5.32 Å². The van der Waals surface area contributed by atoms with Crippen LogP contribution in [-0.4, -0.2) is 25.2 Å². The number of nitrogens with one attached hydrogen (secondary N) is 1. The molecule has 0 radical (unpaired) electrons. The molecule has 118 valence electrons. The summed E-state index contributed by atoms with van der Waals surface area (Å²) >= 11 is 3.14. The second-order valence-corrected chi connectivity index (χ2v) is 5.77. The standard InChI is InChI=1S/C14H11BrFN5O2/c1-20-13-9(5-18-20)14(23)21(7-17-13)6-12(22)19-11-3-2-8(15)4-10(11)16/h2-5,7H,6H2,1H3,(H,19,22). The third-order valence-corrected chi connectivity index (χ3v) is 3.73. The highest BCUT2D eigenvalue weighted by Gasteiger charge is 2.12. The number of hydrogen-bond acceptors (Lipinski definition) is 4. The van der Waals surface area contributed by atoms with Gasteiger partial charge in [0, 0.05) is 11.5 Å². The van der Waals surface area contributed by atoms with Gasteiger partial charge in [0.15, 0.2) is 5.65 Å². The van der Waals surface area contributed by atoms with Gasteiger partial charge in [-0.1, -0.05) is 15.9 Å². The molecule has 0 atom stereocenters. The van der Waals surface area contributed by atoms with Crippen molar-refractivity contribution in [3.05, 3.63) is 51.4 Å². The van der Waals surface area contributed by atoms with E-state index >= 15 is 0 Å². The lowest BCUT2D eigenvalue weighted by atomic mass is 10.3. The summed E-state index contributed by atoms with van der Waals surface area (Å²) in [7, 11) is 1.67. The molecule has 0 bridgehead atoms. The van der Waals surface area contributed by atoms with Gasteiger partial charge in [0.2, 0.25) is 5.91 Å². The van der Waals surface area contributed by atoms with Gasteiger partial charge in [-0.3, -0.25) is 18.8 Å². The zero-order valence-electron chi connectivity index (χ0n) is 12.0. The number of benzene rings is 1. The highest BCUT2D eigenvalue weighted by molar-refractivity contribution is 9.10. The quantitative estimate of drug-likeness (QED) is 0.750. The predicted molar refractivity (Wildman–Crippen MR) is 85.5 cm³/mol. The number of carbonyl (C=O) groups is 1. The largest absolute Gasteiger partial charge is 0.322 e. The number of rotatable bonds is 3. The first-order valence-corrected chi connectivity index (χ1v) is 7.37. The summed E-state index contributed by atoms with van der Waals surface area (Å²) in [6.07, 6.45) is 2.66. The van der Waals surface area contributed by atoms with E-state index in [1.807, 2.05) is 0 Å². The van der Waals surface area contributed by atoms with Gasteiger partial charge in [-0.25, -0.2) is 9.37 Å². The van der Waals surface area contributed by atoms with Crippen LogP contribution in [0, 0.1) is 5.82 Å². The minimum Gasteiger partial charge on any atom is -0.322 e. The summed E-state index contributed by atoms with van der Waals surface area (Å²) in [5.41, 5.74) is 0.0989. The molecule has 3 aromatic rings. The van der Waals surface area contributed by atoms with Crippen LogP contribution in [-0.2, 0) is 18.4 Å². The maximum absolute atomic E-state index is 13.7. The normalized spacial score (nSPS) is 10.9. The first kappa shape index (κ1) is 15.3. The van der Waals surface area contributed by atoms with Crippen LogP contribution in [0.15, 0.2) is 40.0 Å². The molecule has 0 aliphatic rings. The molecule has 7 nitrogen and oxygen atoms in total. The first-order chi connectivity index (χ1) is 11.0. The van der Waals surface area contributed by atoms with Crippen LogP contribution in [0.1, 0.15) is 0 Å². The van der Waals surface area contributed by atoms with Crippen LogP contribution in [0.2, 0.25) is 0 Å². The SMILES string of the molecule is Cn1ncc2c(=O)n(CC(=O)Nc3ccc(Br)cc3F)cnc21. The van der Waals surface area contributed by atoms with Crippen LogP contribution in [0.5, 0.6) is 0 Å². The molecule has 0 spiro atoms. The van der Waals surface area contributed by atoms with Crippen LogP contribution in [0.4, 0.5) is 10.1 Å². The van der Waals surface area contributed by atoms with Crippen LogP contribution in [0.25, 0.3) is 11.0 Å². The minimum absolute atomic E-state index is 0.0432. The summed E-state index contributed by atoms with van der Waals surface area (Å²) < 4.78 is 16.9. The molecule has 3 rings (SSSR count). The second kappa shape index (κ2) is 5.92. The molecule has 0 unspecified atom stereocenters. The maximum atomic E-state index is 13.7. The monoisotopic (exact) mass is 379 g/mol. The number of nitrogens with zero attached hydrogens (tertiary/aromatic N) is 4. The van der Waals surface area contributed by atoms with Gasteiger partial charge in [-0.05, 0) is 18.2 Å². The smallest absolute Gasteiger partial charge is 0.264 e. The van der Waals surface area contributed by atoms with Crippen LogP contribution in [0.3, 0.4) is 0 Å². The molecule has 0 aliphatic carbocycles. The van der Waals surface area contributed by atoms with E-state index < -0.39 is 11.7 Å². The third kappa shape index (κ3) is 3.00. The molecule has 23 heavy (non-hydrogen) atoms. The molecule has 1 N–H and O–H groups in total. The Kier molecular flexibility index (Phi) is 3.95. The molecule has 0 fully saturated rings. The number of anilines is 1. The van der Waals surface area contributed by atoms with E-state index in [4.69, 9.17) is 0 Å². The van der Waals surface area contributed by atoms with E-state index in [0.717, 1.165) is 4.57 Å². The van der Waals surface area contributed by atoms with E-state index in [9.17, 15) is 14.0 Å². The minimum atomic E-state index is -0.569. The number of aryl methyl sites for hydroxylation is 1. The summed E-state index contributed by atoms with van der Waals surface area (Å²) in [6.45, 7) is -0.272. The molecule has 0 aliphatic heterocycles. The highest BCUT2D eigenvalue weighted by atomic mass is 79.9. The summed E-state index contributed by atoms with van der Waals surface area (Å²) in [5, 5.41) is 6.69. The average molecular weight is 380 g/mol. The second-order valence-electron chi connectivity index (χ2n) is 4.86. The number of aromatic nitrogens is 4. The van der Waals surface area contributed by atoms with Gasteiger partial charge in [0.25, 0.3) is 5.56 Å². The number of halogens is 2. The van der Waals surface area contributed by atoms with Gasteiger partial charge in [0.1, 0.15) is 24.1 Å². The van der Waals surface area contributed by atoms with Crippen molar-refractivity contribution in [3.8, 4) is 0 Å². The van der Waals surface area contributed by atoms with Gasteiger partial charge in [-0.15, -0.1) is 0 Å². The van der Waals surface area contributed by atoms with E-state index in [1.165, 1.54) is 29.3 Å². The van der Waals surface area contributed by atoms with Crippen LogP contribution >= 0.6 is 15.9 Å². The Morgan fingerprint density at radius 1 is 1.43 bits per heavy atom. The van der Waals surface area contributed by atoms with Crippen molar-refractivity contribution in [2.75, 3.05) is 5.32 Å². The predicted octanol–water partition coefficient (Wildman–Crippen LogP) is 1.67. The number of amides is 1. The number of fused-ring (bicyclic) bond motifs is 1. The molecule has 2 aromatic heterocycles. The fourth-order valence-electron chi connectivity index (χ4n) is 2.11. The number of carbonyl (C=O) groups excluding carboxylic acids is 1. The molecular formula is C14H11BrFN5O2. The fourth-order valence-corrected chi connectivity index (χ4v) is 2.45. The third-order valence-electron chi connectivity index (χ3n) is 3.24. The van der Waals surface area contributed by atoms with Crippen molar-refractivity contribution in [2.45, 2.75) is 6.54 Å². The van der Waals surface area contributed by atoms with E-state index in [0.29, 0.717) is 15.5 Å². The lowest BCUT2D eigenvalue weighted by Gasteiger charge is -2.08. The summed E-state index contributed by atoms with van der Waals surface area (Å²) in [6, 6.07) is 4.28. The Balaban J connectivity index is 1.83. The Hall–Kier alpha value is -2.55. The fraction of sp³-hybridized carbons (Fsp3) is 0.143. The number of hydrogen-bond donors (Lipinski definition) is 1. The lowest BCUT2D eigenvalue weighted by Crippen LogP contribution is -2.28. The molecule has 1 aromatic carbocycles. The molecule has 1 amide bonds. The van der Waals surface area contributed by atoms with E-state index in [-0.39, 0.29) is 17.8 Å². The summed E-state index contributed by atoms with van der Waals surface area (Å²) in [4.78, 5) is 28.4. The van der Waals surface area contributed by atoms with Crippen molar-refractivity contribution in [2.24, 2.45) is 7.05 Å². The van der Waals surface area contributed by atoms with Crippen molar-refractivity contribution in [1.29, 1.82) is 0 Å². The molecule has 0 saturated heterocycles. The van der Waals surface area contributed by atoms with Crippen molar-refractivity contribution >= 4 is 38.6 Å². The van der Waals surface area contributed by atoms with Gasteiger partial charge >= 0.3 is 0 Å². The van der Waals surface area contributed by atoms with Crippen molar-refractivity contribution in [3.63, 3.8) is 0 Å². The van der Waals surface area contributed by atoms with Gasteiger partial charge in [-0.2, -0.15) is 5.10 Å². The Bertz CT molecular complexity index is 965. The molecule has 9 heteroatoms. The highest BCUT2D eigenvalue weighted by Crippen LogP contribution is 2.19. The Morgan fingerprint density at radius 3 is 2.96 bits per heavy atom.